The molecule has 2 aromatic rings. The lowest BCUT2D eigenvalue weighted by atomic mass is 10.2. The van der Waals surface area contributed by atoms with Gasteiger partial charge >= 0.3 is 0 Å². The molecule has 17 heavy (non-hydrogen) atoms. The highest BCUT2D eigenvalue weighted by Crippen LogP contribution is 2.12. The number of ether oxygens (including phenoxy) is 1. The second-order valence-electron chi connectivity index (χ2n) is 3.77. The van der Waals surface area contributed by atoms with Crippen molar-refractivity contribution in [3.8, 4) is 5.88 Å². The number of hydrogen-bond acceptors (Lipinski definition) is 4. The third-order valence-electron chi connectivity index (χ3n) is 2.58. The summed E-state index contributed by atoms with van der Waals surface area (Å²) >= 11 is 0. The molecule has 0 unspecified atom stereocenters. The maximum absolute atomic E-state index is 5.19. The quantitative estimate of drug-likeness (QED) is 0.839. The lowest BCUT2D eigenvalue weighted by Crippen LogP contribution is -2.15. The van der Waals surface area contributed by atoms with E-state index < -0.39 is 0 Å². The molecule has 0 aliphatic heterocycles. The fourth-order valence-electron chi connectivity index (χ4n) is 1.62. The molecule has 5 nitrogen and oxygen atoms in total. The van der Waals surface area contributed by atoms with Gasteiger partial charge in [-0.05, 0) is 6.07 Å². The van der Waals surface area contributed by atoms with Gasteiger partial charge in [0.2, 0.25) is 5.88 Å². The minimum atomic E-state index is 0.671. The van der Waals surface area contributed by atoms with Crippen LogP contribution in [0.1, 0.15) is 11.3 Å². The van der Waals surface area contributed by atoms with E-state index in [4.69, 9.17) is 4.74 Å². The Balaban J connectivity index is 1.92. The van der Waals surface area contributed by atoms with Gasteiger partial charge in [-0.3, -0.25) is 0 Å². The van der Waals surface area contributed by atoms with Crippen LogP contribution in [0.2, 0.25) is 0 Å². The Morgan fingerprint density at radius 2 is 2.29 bits per heavy atom. The lowest BCUT2D eigenvalue weighted by Gasteiger charge is -2.08. The molecule has 2 heterocycles. The highest BCUT2D eigenvalue weighted by molar-refractivity contribution is 5.25. The van der Waals surface area contributed by atoms with Crippen LogP contribution in [0, 0.1) is 0 Å². The van der Waals surface area contributed by atoms with Gasteiger partial charge in [0.05, 0.1) is 19.1 Å². The highest BCUT2D eigenvalue weighted by Gasteiger charge is 2.03. The Bertz CT molecular complexity index is 481. The second-order valence-corrected chi connectivity index (χ2v) is 3.77. The van der Waals surface area contributed by atoms with Crippen LogP contribution in [0.25, 0.3) is 0 Å². The van der Waals surface area contributed by atoms with Crippen molar-refractivity contribution in [2.75, 3.05) is 7.11 Å². The van der Waals surface area contributed by atoms with Crippen molar-refractivity contribution < 1.29 is 4.74 Å². The largest absolute Gasteiger partial charge is 0.481 e. The predicted molar refractivity (Wildman–Crippen MR) is 64.5 cm³/mol. The fraction of sp³-hybridized carbons (Fsp3) is 0.333. The average molecular weight is 232 g/mol. The van der Waals surface area contributed by atoms with Crippen molar-refractivity contribution in [3.05, 3.63) is 42.1 Å². The van der Waals surface area contributed by atoms with Crippen LogP contribution in [0.3, 0.4) is 0 Å². The van der Waals surface area contributed by atoms with E-state index in [2.05, 4.69) is 15.3 Å². The van der Waals surface area contributed by atoms with Crippen LogP contribution in [-0.4, -0.2) is 21.6 Å². The SMILES string of the molecule is COc1ncccc1CNCc1cncn1C. The summed E-state index contributed by atoms with van der Waals surface area (Å²) in [5, 5.41) is 3.34. The molecule has 0 bridgehead atoms. The molecule has 0 spiro atoms. The van der Waals surface area contributed by atoms with E-state index in [1.54, 1.807) is 19.6 Å². The van der Waals surface area contributed by atoms with E-state index in [-0.39, 0.29) is 0 Å². The first-order valence-corrected chi connectivity index (χ1v) is 5.45. The number of rotatable bonds is 5. The zero-order valence-electron chi connectivity index (χ0n) is 10.1. The standard InChI is InChI=1S/C12H16N4O/c1-16-9-14-8-11(16)7-13-6-10-4-3-5-15-12(10)17-2/h3-5,8-9,13H,6-7H2,1-2H3. The summed E-state index contributed by atoms with van der Waals surface area (Å²) in [4.78, 5) is 8.22. The molecule has 1 N–H and O–H groups in total. The van der Waals surface area contributed by atoms with Crippen molar-refractivity contribution >= 4 is 0 Å². The zero-order valence-corrected chi connectivity index (χ0v) is 10.1. The molecule has 0 aliphatic rings. The van der Waals surface area contributed by atoms with Gasteiger partial charge in [0, 0.05) is 38.1 Å². The molecule has 2 rings (SSSR count). The molecule has 0 atom stereocenters. The van der Waals surface area contributed by atoms with Gasteiger partial charge in [0.1, 0.15) is 0 Å². The number of nitrogens with zero attached hydrogens (tertiary/aromatic N) is 3. The monoisotopic (exact) mass is 232 g/mol. The first kappa shape index (κ1) is 11.6. The topological polar surface area (TPSA) is 52.0 Å². The van der Waals surface area contributed by atoms with E-state index in [1.165, 1.54) is 0 Å². The zero-order chi connectivity index (χ0) is 12.1. The third-order valence-corrected chi connectivity index (χ3v) is 2.58. The average Bonchev–Trinajstić information content (AvgIpc) is 2.76. The summed E-state index contributed by atoms with van der Waals surface area (Å²) in [5.41, 5.74) is 2.20. The molecule has 0 radical (unpaired) electrons. The van der Waals surface area contributed by atoms with Gasteiger partial charge in [-0.25, -0.2) is 9.97 Å². The van der Waals surface area contributed by atoms with Crippen LogP contribution in [0.15, 0.2) is 30.9 Å². The molecular weight excluding hydrogens is 216 g/mol. The van der Waals surface area contributed by atoms with Crippen LogP contribution in [0.4, 0.5) is 0 Å². The normalized spacial score (nSPS) is 10.5. The van der Waals surface area contributed by atoms with E-state index >= 15 is 0 Å². The maximum Gasteiger partial charge on any atom is 0.217 e. The Hall–Kier alpha value is -1.88. The number of nitrogens with one attached hydrogen (secondary N) is 1. The van der Waals surface area contributed by atoms with Crippen molar-refractivity contribution in [2.24, 2.45) is 7.05 Å². The fourth-order valence-corrected chi connectivity index (χ4v) is 1.62. The third kappa shape index (κ3) is 2.82. The van der Waals surface area contributed by atoms with Gasteiger partial charge in [0.25, 0.3) is 0 Å². The maximum atomic E-state index is 5.19. The van der Waals surface area contributed by atoms with E-state index in [0.717, 1.165) is 24.3 Å². The first-order valence-electron chi connectivity index (χ1n) is 5.45. The molecule has 0 amide bonds. The van der Waals surface area contributed by atoms with Crippen molar-refractivity contribution in [1.82, 2.24) is 19.9 Å². The molecule has 2 aromatic heterocycles. The van der Waals surface area contributed by atoms with E-state index in [9.17, 15) is 0 Å². The molecule has 0 saturated heterocycles. The summed E-state index contributed by atoms with van der Waals surface area (Å²) < 4.78 is 7.18. The first-order chi connectivity index (χ1) is 8.31. The number of aromatic nitrogens is 3. The molecule has 0 aromatic carbocycles. The summed E-state index contributed by atoms with van der Waals surface area (Å²) in [6.07, 6.45) is 5.37. The van der Waals surface area contributed by atoms with Crippen LogP contribution in [-0.2, 0) is 20.1 Å². The van der Waals surface area contributed by atoms with Crippen molar-refractivity contribution in [1.29, 1.82) is 0 Å². The van der Waals surface area contributed by atoms with Gasteiger partial charge in [0.15, 0.2) is 0 Å². The summed E-state index contributed by atoms with van der Waals surface area (Å²) in [7, 11) is 3.61. The molecule has 0 saturated carbocycles. The number of imidazole rings is 1. The number of hydrogen-bond donors (Lipinski definition) is 1. The molecule has 0 fully saturated rings. The van der Waals surface area contributed by atoms with Crippen molar-refractivity contribution in [2.45, 2.75) is 13.1 Å². The van der Waals surface area contributed by atoms with E-state index in [0.29, 0.717) is 5.88 Å². The number of aryl methyl sites for hydroxylation is 1. The van der Waals surface area contributed by atoms with Gasteiger partial charge in [-0.15, -0.1) is 0 Å². The molecule has 0 aliphatic carbocycles. The predicted octanol–water partition coefficient (Wildman–Crippen LogP) is 1.11. The lowest BCUT2D eigenvalue weighted by molar-refractivity contribution is 0.390. The van der Waals surface area contributed by atoms with Crippen molar-refractivity contribution in [3.63, 3.8) is 0 Å². The summed E-state index contributed by atoms with van der Waals surface area (Å²) in [6, 6.07) is 3.91. The second kappa shape index (κ2) is 5.45. The summed E-state index contributed by atoms with van der Waals surface area (Å²) in [6.45, 7) is 1.50. The molecular formula is C12H16N4O. The van der Waals surface area contributed by atoms with E-state index in [1.807, 2.05) is 29.9 Å². The van der Waals surface area contributed by atoms with Crippen LogP contribution < -0.4 is 10.1 Å². The Labute approximate surface area is 100 Å². The molecule has 5 heteroatoms. The van der Waals surface area contributed by atoms with Crippen LogP contribution in [0.5, 0.6) is 5.88 Å². The van der Waals surface area contributed by atoms with Gasteiger partial charge < -0.3 is 14.6 Å². The minimum Gasteiger partial charge on any atom is -0.481 e. The van der Waals surface area contributed by atoms with Crippen LogP contribution >= 0.6 is 0 Å². The minimum absolute atomic E-state index is 0.671. The number of pyridine rings is 1. The smallest absolute Gasteiger partial charge is 0.217 e. The summed E-state index contributed by atoms with van der Waals surface area (Å²) in [5.74, 6) is 0.671. The molecule has 90 valence electrons. The number of methoxy groups -OCH3 is 1. The Morgan fingerprint density at radius 1 is 1.41 bits per heavy atom. The van der Waals surface area contributed by atoms with Gasteiger partial charge in [-0.2, -0.15) is 0 Å². The van der Waals surface area contributed by atoms with Gasteiger partial charge in [-0.1, -0.05) is 6.07 Å². The Morgan fingerprint density at radius 3 is 3.00 bits per heavy atom. The highest BCUT2D eigenvalue weighted by atomic mass is 16.5. The Kier molecular flexibility index (Phi) is 3.72.